The van der Waals surface area contributed by atoms with E-state index in [1.54, 1.807) is 0 Å². The molecule has 0 bridgehead atoms. The van der Waals surface area contributed by atoms with Gasteiger partial charge in [-0.15, -0.1) is 0 Å². The van der Waals surface area contributed by atoms with Crippen molar-refractivity contribution in [2.24, 2.45) is 0 Å². The number of hydrogen-bond donors (Lipinski definition) is 1. The number of hydrogen-bond acceptors (Lipinski definition) is 3. The Morgan fingerprint density at radius 2 is 2.00 bits per heavy atom. The summed E-state index contributed by atoms with van der Waals surface area (Å²) in [6.07, 6.45) is 1.03. The van der Waals surface area contributed by atoms with Crippen molar-refractivity contribution in [2.45, 2.75) is 19.4 Å². The predicted molar refractivity (Wildman–Crippen MR) is 83.2 cm³/mol. The molecule has 0 fully saturated rings. The zero-order valence-corrected chi connectivity index (χ0v) is 11.8. The Morgan fingerprint density at radius 3 is 2.85 bits per heavy atom. The van der Waals surface area contributed by atoms with E-state index >= 15 is 0 Å². The molecule has 1 unspecified atom stereocenters. The molecule has 0 spiro atoms. The monoisotopic (exact) mass is 268 g/mol. The zero-order valence-electron chi connectivity index (χ0n) is 11.8. The van der Waals surface area contributed by atoms with Gasteiger partial charge in [-0.3, -0.25) is 0 Å². The van der Waals surface area contributed by atoms with Crippen LogP contribution in [-0.2, 0) is 0 Å². The highest BCUT2D eigenvalue weighted by molar-refractivity contribution is 5.60. The Hall–Kier alpha value is -2.16. The fourth-order valence-electron chi connectivity index (χ4n) is 2.76. The maximum atomic E-state index is 5.91. The number of nitrogen functional groups attached to an aromatic ring is 1. The van der Waals surface area contributed by atoms with E-state index < -0.39 is 0 Å². The van der Waals surface area contributed by atoms with Gasteiger partial charge in [0.1, 0.15) is 5.75 Å². The van der Waals surface area contributed by atoms with Crippen molar-refractivity contribution in [3.05, 3.63) is 54.1 Å². The number of nitrogens with zero attached hydrogens (tertiary/aromatic N) is 1. The Bertz CT molecular complexity index is 597. The molecule has 1 aliphatic heterocycles. The third-order valence-electron chi connectivity index (χ3n) is 3.84. The number of benzene rings is 2. The van der Waals surface area contributed by atoms with Crippen molar-refractivity contribution in [1.82, 2.24) is 0 Å². The highest BCUT2D eigenvalue weighted by Crippen LogP contribution is 2.36. The van der Waals surface area contributed by atoms with E-state index in [4.69, 9.17) is 10.5 Å². The Morgan fingerprint density at radius 1 is 1.15 bits per heavy atom. The van der Waals surface area contributed by atoms with Crippen LogP contribution in [0.5, 0.6) is 5.75 Å². The molecule has 3 rings (SSSR count). The van der Waals surface area contributed by atoms with Crippen LogP contribution in [0.4, 0.5) is 11.4 Å². The molecule has 0 saturated heterocycles. The standard InChI is InChI=1S/C17H20N2O/c1-13(14-6-4-7-15(18)12-14)19-10-5-11-20-17-9-3-2-8-16(17)19/h2-4,6-9,12-13H,5,10-11,18H2,1H3. The lowest BCUT2D eigenvalue weighted by atomic mass is 10.0. The maximum Gasteiger partial charge on any atom is 0.142 e. The summed E-state index contributed by atoms with van der Waals surface area (Å²) in [5.41, 5.74) is 9.13. The number of para-hydroxylation sites is 2. The fourth-order valence-corrected chi connectivity index (χ4v) is 2.76. The SMILES string of the molecule is CC(c1cccc(N)c1)N1CCCOc2ccccc21. The van der Waals surface area contributed by atoms with Gasteiger partial charge in [0, 0.05) is 12.2 Å². The summed E-state index contributed by atoms with van der Waals surface area (Å²) in [5, 5.41) is 0. The molecule has 0 amide bonds. The summed E-state index contributed by atoms with van der Waals surface area (Å²) in [6.45, 7) is 3.99. The number of fused-ring (bicyclic) bond motifs is 1. The zero-order chi connectivity index (χ0) is 13.9. The molecule has 3 heteroatoms. The molecule has 0 saturated carbocycles. The molecule has 1 aliphatic rings. The molecule has 2 N–H and O–H groups in total. The predicted octanol–water partition coefficient (Wildman–Crippen LogP) is 3.62. The van der Waals surface area contributed by atoms with E-state index in [9.17, 15) is 0 Å². The Balaban J connectivity index is 1.97. The van der Waals surface area contributed by atoms with Crippen LogP contribution in [-0.4, -0.2) is 13.2 Å². The van der Waals surface area contributed by atoms with Crippen molar-refractivity contribution in [3.63, 3.8) is 0 Å². The van der Waals surface area contributed by atoms with Crippen LogP contribution in [0.25, 0.3) is 0 Å². The smallest absolute Gasteiger partial charge is 0.142 e. The minimum absolute atomic E-state index is 0.279. The lowest BCUT2D eigenvalue weighted by Gasteiger charge is -2.31. The molecule has 2 aromatic carbocycles. The number of anilines is 2. The van der Waals surface area contributed by atoms with Gasteiger partial charge in [-0.05, 0) is 43.2 Å². The van der Waals surface area contributed by atoms with E-state index in [1.807, 2.05) is 24.3 Å². The van der Waals surface area contributed by atoms with Gasteiger partial charge in [-0.2, -0.15) is 0 Å². The minimum atomic E-state index is 0.279. The minimum Gasteiger partial charge on any atom is -0.491 e. The molecule has 1 heterocycles. The molecule has 0 radical (unpaired) electrons. The number of ether oxygens (including phenoxy) is 1. The Labute approximate surface area is 120 Å². The van der Waals surface area contributed by atoms with Crippen molar-refractivity contribution in [3.8, 4) is 5.75 Å². The summed E-state index contributed by atoms with van der Waals surface area (Å²) in [6, 6.07) is 16.7. The topological polar surface area (TPSA) is 38.5 Å². The molecule has 3 nitrogen and oxygen atoms in total. The van der Waals surface area contributed by atoms with Gasteiger partial charge in [0.15, 0.2) is 0 Å². The van der Waals surface area contributed by atoms with Gasteiger partial charge in [-0.25, -0.2) is 0 Å². The van der Waals surface area contributed by atoms with Gasteiger partial charge in [0.25, 0.3) is 0 Å². The molecule has 104 valence electrons. The average Bonchev–Trinajstić information content (AvgIpc) is 2.69. The molecular formula is C17H20N2O. The van der Waals surface area contributed by atoms with E-state index in [2.05, 4.69) is 36.1 Å². The van der Waals surface area contributed by atoms with Crippen LogP contribution in [0.15, 0.2) is 48.5 Å². The number of rotatable bonds is 2. The maximum absolute atomic E-state index is 5.91. The molecule has 20 heavy (non-hydrogen) atoms. The van der Waals surface area contributed by atoms with Crippen LogP contribution >= 0.6 is 0 Å². The quantitative estimate of drug-likeness (QED) is 0.845. The molecule has 2 aromatic rings. The number of nitrogens with two attached hydrogens (primary N) is 1. The molecule has 1 atom stereocenters. The first-order valence-corrected chi connectivity index (χ1v) is 7.09. The van der Waals surface area contributed by atoms with Crippen molar-refractivity contribution < 1.29 is 4.74 Å². The van der Waals surface area contributed by atoms with Crippen molar-refractivity contribution >= 4 is 11.4 Å². The van der Waals surface area contributed by atoms with Crippen LogP contribution in [0.2, 0.25) is 0 Å². The third kappa shape index (κ3) is 2.44. The van der Waals surface area contributed by atoms with Crippen molar-refractivity contribution in [1.29, 1.82) is 0 Å². The van der Waals surface area contributed by atoms with E-state index in [0.29, 0.717) is 0 Å². The molecule has 0 aliphatic carbocycles. The summed E-state index contributed by atoms with van der Waals surface area (Å²) in [5.74, 6) is 0.973. The Kier molecular flexibility index (Phi) is 3.50. The average molecular weight is 268 g/mol. The van der Waals surface area contributed by atoms with E-state index in [-0.39, 0.29) is 6.04 Å². The largest absolute Gasteiger partial charge is 0.491 e. The van der Waals surface area contributed by atoms with Gasteiger partial charge < -0.3 is 15.4 Å². The van der Waals surface area contributed by atoms with Crippen LogP contribution in [0.3, 0.4) is 0 Å². The van der Waals surface area contributed by atoms with Crippen LogP contribution in [0, 0.1) is 0 Å². The molecular weight excluding hydrogens is 248 g/mol. The van der Waals surface area contributed by atoms with E-state index in [1.165, 1.54) is 11.3 Å². The highest BCUT2D eigenvalue weighted by atomic mass is 16.5. The second-order valence-electron chi connectivity index (χ2n) is 5.21. The highest BCUT2D eigenvalue weighted by Gasteiger charge is 2.21. The van der Waals surface area contributed by atoms with Gasteiger partial charge in [0.2, 0.25) is 0 Å². The lowest BCUT2D eigenvalue weighted by Crippen LogP contribution is -2.27. The fraction of sp³-hybridized carbons (Fsp3) is 0.294. The van der Waals surface area contributed by atoms with Crippen molar-refractivity contribution in [2.75, 3.05) is 23.8 Å². The normalized spacial score (nSPS) is 15.9. The summed E-state index contributed by atoms with van der Waals surface area (Å²) in [4.78, 5) is 2.40. The van der Waals surface area contributed by atoms with Gasteiger partial charge in [0.05, 0.1) is 18.3 Å². The summed E-state index contributed by atoms with van der Waals surface area (Å²) in [7, 11) is 0. The van der Waals surface area contributed by atoms with Gasteiger partial charge in [-0.1, -0.05) is 24.3 Å². The van der Waals surface area contributed by atoms with Crippen LogP contribution < -0.4 is 15.4 Å². The van der Waals surface area contributed by atoms with Gasteiger partial charge >= 0.3 is 0 Å². The van der Waals surface area contributed by atoms with E-state index in [0.717, 1.165) is 31.0 Å². The first kappa shape index (κ1) is 12.9. The summed E-state index contributed by atoms with van der Waals surface area (Å²) < 4.78 is 5.82. The first-order valence-electron chi connectivity index (χ1n) is 7.09. The van der Waals surface area contributed by atoms with Crippen LogP contribution in [0.1, 0.15) is 24.9 Å². The molecule has 0 aromatic heterocycles. The second-order valence-corrected chi connectivity index (χ2v) is 5.21. The third-order valence-corrected chi connectivity index (χ3v) is 3.84. The summed E-state index contributed by atoms with van der Waals surface area (Å²) >= 11 is 0. The first-order chi connectivity index (χ1) is 9.75. The lowest BCUT2D eigenvalue weighted by molar-refractivity contribution is 0.322. The second kappa shape index (κ2) is 5.45.